The normalized spacial score (nSPS) is 12.7. The summed E-state index contributed by atoms with van der Waals surface area (Å²) in [5, 5.41) is 58.8. The van der Waals surface area contributed by atoms with Gasteiger partial charge in [0.15, 0.2) is 0 Å². The number of pyridine rings is 2. The Balaban J connectivity index is 0.000000197. The Morgan fingerprint density at radius 1 is 0.439 bits per heavy atom. The fourth-order valence-corrected chi connectivity index (χ4v) is 6.04. The molecule has 2 aliphatic heterocycles. The van der Waals surface area contributed by atoms with Gasteiger partial charge in [-0.3, -0.25) is 20.0 Å². The third-order valence-corrected chi connectivity index (χ3v) is 8.72. The lowest BCUT2D eigenvalue weighted by molar-refractivity contribution is -0.134. The van der Waals surface area contributed by atoms with Crippen LogP contribution < -0.4 is 10.6 Å². The van der Waals surface area contributed by atoms with Gasteiger partial charge in [0.25, 0.3) is 0 Å². The lowest BCUT2D eigenvalue weighted by Gasteiger charge is -2.01. The van der Waals surface area contributed by atoms with Crippen molar-refractivity contribution < 1.29 is 59.4 Å². The van der Waals surface area contributed by atoms with Crippen LogP contribution in [0.1, 0.15) is 22.3 Å². The van der Waals surface area contributed by atoms with E-state index in [1.165, 1.54) is 43.8 Å². The zero-order chi connectivity index (χ0) is 47.8. The van der Waals surface area contributed by atoms with Gasteiger partial charge in [-0.25, -0.2) is 28.8 Å². The van der Waals surface area contributed by atoms with Crippen molar-refractivity contribution >= 4 is 80.4 Å². The quantitative estimate of drug-likeness (QED) is 0.0614. The molecular formula is C48H42N6O12. The third-order valence-electron chi connectivity index (χ3n) is 8.72. The number of rotatable bonds is 12. The summed E-state index contributed by atoms with van der Waals surface area (Å²) in [4.78, 5) is 75.1. The van der Waals surface area contributed by atoms with E-state index in [0.717, 1.165) is 49.0 Å². The van der Waals surface area contributed by atoms with Gasteiger partial charge in [0.2, 0.25) is 0 Å². The largest absolute Gasteiger partial charge is 0.478 e. The minimum Gasteiger partial charge on any atom is -0.478 e. The molecule has 2 aromatic heterocycles. The summed E-state index contributed by atoms with van der Waals surface area (Å²) in [6.45, 7) is 1.52. The number of nitrogens with zero attached hydrogens (tertiary/aromatic N) is 4. The number of amidine groups is 2. The second-order valence-corrected chi connectivity index (χ2v) is 13.4. The van der Waals surface area contributed by atoms with E-state index in [4.69, 9.17) is 40.6 Å². The van der Waals surface area contributed by atoms with E-state index >= 15 is 0 Å². The van der Waals surface area contributed by atoms with Gasteiger partial charge in [0, 0.05) is 108 Å². The van der Waals surface area contributed by atoms with E-state index in [9.17, 15) is 28.8 Å². The number of carboxylic acid groups (broad SMARTS) is 6. The van der Waals surface area contributed by atoms with Gasteiger partial charge in [-0.05, 0) is 59.0 Å². The summed E-state index contributed by atoms with van der Waals surface area (Å²) in [7, 11) is 0. The fraction of sp³-hybridized carbons (Fsp3) is 0.0833. The minimum atomic E-state index is -1.26. The van der Waals surface area contributed by atoms with Crippen LogP contribution in [0.25, 0.3) is 21.5 Å². The average molecular weight is 895 g/mol. The number of nitrogens with one attached hydrogen (secondary N) is 2. The molecule has 6 aromatic rings. The number of hydrogen-bond acceptors (Lipinski definition) is 10. The highest BCUT2D eigenvalue weighted by molar-refractivity contribution is 6.26. The molecule has 0 radical (unpaired) electrons. The molecule has 0 fully saturated rings. The van der Waals surface area contributed by atoms with Gasteiger partial charge in [-0.15, -0.1) is 0 Å². The Labute approximate surface area is 376 Å². The molecule has 4 aromatic carbocycles. The van der Waals surface area contributed by atoms with Crippen LogP contribution in [0, 0.1) is 0 Å². The molecule has 0 bridgehead atoms. The molecule has 0 spiro atoms. The number of carboxylic acids is 6. The van der Waals surface area contributed by atoms with Crippen LogP contribution in [-0.2, 0) is 41.6 Å². The summed E-state index contributed by atoms with van der Waals surface area (Å²) in [5.41, 5.74) is 7.15. The second kappa shape index (κ2) is 25.6. The topological polar surface area (TPSA) is 298 Å². The predicted molar refractivity (Wildman–Crippen MR) is 247 cm³/mol. The highest BCUT2D eigenvalue weighted by Crippen LogP contribution is 2.34. The molecule has 8 rings (SSSR count). The molecule has 0 saturated heterocycles. The van der Waals surface area contributed by atoms with Gasteiger partial charge in [-0.2, -0.15) is 0 Å². The number of anilines is 2. The van der Waals surface area contributed by atoms with E-state index in [1.54, 1.807) is 12.4 Å². The van der Waals surface area contributed by atoms with E-state index in [-0.39, 0.29) is 0 Å². The van der Waals surface area contributed by atoms with Crippen molar-refractivity contribution in [3.05, 3.63) is 181 Å². The van der Waals surface area contributed by atoms with Crippen LogP contribution >= 0.6 is 0 Å². The molecular weight excluding hydrogens is 853 g/mol. The smallest absolute Gasteiger partial charge is 0.328 e. The molecule has 0 unspecified atom stereocenters. The Bertz CT molecular complexity index is 2560. The molecule has 18 nitrogen and oxygen atoms in total. The van der Waals surface area contributed by atoms with Crippen molar-refractivity contribution in [2.24, 2.45) is 9.98 Å². The molecule has 336 valence electrons. The van der Waals surface area contributed by atoms with Gasteiger partial charge < -0.3 is 41.3 Å². The van der Waals surface area contributed by atoms with Gasteiger partial charge >= 0.3 is 35.8 Å². The highest BCUT2D eigenvalue weighted by Gasteiger charge is 2.19. The van der Waals surface area contributed by atoms with Crippen LogP contribution in [-0.4, -0.2) is 101 Å². The first-order valence-electron chi connectivity index (χ1n) is 19.6. The fourth-order valence-electron chi connectivity index (χ4n) is 6.04. The standard InChI is InChI=1S/2C18H15N3.3C4H4O4/c2*1-5-14-6-2-8-16-17(14)15(7-1)18(21-16)20-11-9-13-4-3-10-19-12-13;3*5-3(6)1-2-4(7)8/h2*1-8,10,12H,9,11H2,(H,20,21);3*1-2H,(H,5,6)(H,7,8)/b;;3*2-1+. The number of aliphatic imine (C=N–C) groups is 2. The summed E-state index contributed by atoms with van der Waals surface area (Å²) < 4.78 is 0. The second-order valence-electron chi connectivity index (χ2n) is 13.4. The number of aromatic nitrogens is 2. The lowest BCUT2D eigenvalue weighted by Crippen LogP contribution is -2.08. The number of carbonyl (C=O) groups is 6. The monoisotopic (exact) mass is 894 g/mol. The van der Waals surface area contributed by atoms with Gasteiger partial charge in [-0.1, -0.05) is 72.8 Å². The maximum Gasteiger partial charge on any atom is 0.328 e. The van der Waals surface area contributed by atoms with Crippen LogP contribution in [0.5, 0.6) is 0 Å². The Kier molecular flexibility index (Phi) is 19.1. The van der Waals surface area contributed by atoms with E-state index in [0.29, 0.717) is 36.5 Å². The van der Waals surface area contributed by atoms with E-state index < -0.39 is 35.8 Å². The SMILES string of the molecule is O=C(O)/C=C/C(=O)O.O=C(O)/C=C/C(=O)O.O=C(O)/C=C/C(=O)O.c1cncc(CCN=C2Nc3cccc4cccc2c34)c1.c1cncc(CCN=C2Nc3cccc4cccc2c34)c1. The molecule has 66 heavy (non-hydrogen) atoms. The molecule has 0 atom stereocenters. The van der Waals surface area contributed by atoms with Crippen molar-refractivity contribution in [1.82, 2.24) is 9.97 Å². The molecule has 8 N–H and O–H groups in total. The number of hydrogen-bond donors (Lipinski definition) is 8. The van der Waals surface area contributed by atoms with Crippen molar-refractivity contribution in [3.8, 4) is 0 Å². The molecule has 4 heterocycles. The van der Waals surface area contributed by atoms with Crippen LogP contribution in [0.2, 0.25) is 0 Å². The van der Waals surface area contributed by atoms with E-state index in [1.807, 2.05) is 24.5 Å². The van der Waals surface area contributed by atoms with Crippen molar-refractivity contribution in [2.45, 2.75) is 12.8 Å². The summed E-state index contributed by atoms with van der Waals surface area (Å²) in [6, 6.07) is 33.5. The van der Waals surface area contributed by atoms with Crippen LogP contribution in [0.15, 0.2) is 168 Å². The number of aliphatic carboxylic acids is 6. The predicted octanol–water partition coefficient (Wildman–Crippen LogP) is 6.43. The van der Waals surface area contributed by atoms with Crippen LogP contribution in [0.4, 0.5) is 11.4 Å². The zero-order valence-electron chi connectivity index (χ0n) is 34.8. The number of benzene rings is 4. The van der Waals surface area contributed by atoms with Crippen molar-refractivity contribution in [3.63, 3.8) is 0 Å². The first-order valence-corrected chi connectivity index (χ1v) is 19.6. The van der Waals surface area contributed by atoms with Crippen molar-refractivity contribution in [2.75, 3.05) is 23.7 Å². The molecule has 0 aliphatic carbocycles. The minimum absolute atomic E-state index is 0.558. The highest BCUT2D eigenvalue weighted by atomic mass is 16.4. The average Bonchev–Trinajstić information content (AvgIpc) is 3.85. The lowest BCUT2D eigenvalue weighted by atomic mass is 10.1. The summed E-state index contributed by atoms with van der Waals surface area (Å²) >= 11 is 0. The van der Waals surface area contributed by atoms with Crippen LogP contribution in [0.3, 0.4) is 0 Å². The maximum absolute atomic E-state index is 9.55. The molecule has 0 amide bonds. The van der Waals surface area contributed by atoms with Gasteiger partial charge in [0.05, 0.1) is 0 Å². The van der Waals surface area contributed by atoms with Gasteiger partial charge in [0.1, 0.15) is 11.7 Å². The molecule has 2 aliphatic rings. The first-order chi connectivity index (χ1) is 31.7. The third kappa shape index (κ3) is 16.5. The van der Waals surface area contributed by atoms with Crippen molar-refractivity contribution in [1.29, 1.82) is 0 Å². The maximum atomic E-state index is 9.55. The summed E-state index contributed by atoms with van der Waals surface area (Å²) in [6.07, 6.45) is 12.6. The Hall–Kier alpha value is -9.32. The summed E-state index contributed by atoms with van der Waals surface area (Å²) in [5.74, 6) is -5.59. The zero-order valence-corrected chi connectivity index (χ0v) is 34.8. The van der Waals surface area contributed by atoms with E-state index in [2.05, 4.69) is 106 Å². The molecule has 0 saturated carbocycles. The first kappa shape index (κ1) is 49.3. The Morgan fingerprint density at radius 3 is 1.05 bits per heavy atom. The molecule has 18 heteroatoms. The Morgan fingerprint density at radius 2 is 0.758 bits per heavy atom.